The van der Waals surface area contributed by atoms with Crippen LogP contribution in [0.3, 0.4) is 0 Å². The second-order valence-corrected chi connectivity index (χ2v) is 5.79. The lowest BCUT2D eigenvalue weighted by atomic mass is 10.1. The lowest BCUT2D eigenvalue weighted by Crippen LogP contribution is -2.18. The highest BCUT2D eigenvalue weighted by Gasteiger charge is 2.06. The smallest absolute Gasteiger partial charge is 0.234 e. The normalized spacial score (nSPS) is 9.54. The van der Waals surface area contributed by atoms with Gasteiger partial charge >= 0.3 is 0 Å². The third kappa shape index (κ3) is 8.02. The van der Waals surface area contributed by atoms with Crippen molar-refractivity contribution in [2.24, 2.45) is 0 Å². The van der Waals surface area contributed by atoms with Gasteiger partial charge in [-0.25, -0.2) is 0 Å². The summed E-state index contributed by atoms with van der Waals surface area (Å²) in [5.41, 5.74) is 2.98. The molecule has 4 nitrogen and oxygen atoms in total. The number of aromatic nitrogens is 1. The van der Waals surface area contributed by atoms with E-state index in [2.05, 4.69) is 22.5 Å². The van der Waals surface area contributed by atoms with Gasteiger partial charge in [-0.15, -0.1) is 36.6 Å². The van der Waals surface area contributed by atoms with E-state index in [-0.39, 0.29) is 30.7 Å². The topological polar surface area (TPSA) is 54.0 Å². The minimum absolute atomic E-state index is 0. The van der Waals surface area contributed by atoms with Gasteiger partial charge in [0.15, 0.2) is 0 Å². The SMILES string of the molecule is CCNCc1ccccc1NC(=O)CSCc1ccccn1.Cl.Cl. The van der Waals surface area contributed by atoms with Gasteiger partial charge in [0, 0.05) is 24.2 Å². The number of hydrogen-bond donors (Lipinski definition) is 2. The van der Waals surface area contributed by atoms with Crippen molar-refractivity contribution in [2.75, 3.05) is 17.6 Å². The number of hydrogen-bond acceptors (Lipinski definition) is 4. The van der Waals surface area contributed by atoms with Gasteiger partial charge in [0.2, 0.25) is 5.91 Å². The van der Waals surface area contributed by atoms with Gasteiger partial charge in [-0.05, 0) is 30.3 Å². The van der Waals surface area contributed by atoms with Gasteiger partial charge in [0.25, 0.3) is 0 Å². The molecule has 0 atom stereocenters. The molecule has 0 saturated carbocycles. The molecule has 2 aromatic rings. The van der Waals surface area contributed by atoms with Gasteiger partial charge in [-0.1, -0.05) is 31.2 Å². The zero-order chi connectivity index (χ0) is 15.6. The number of nitrogens with one attached hydrogen (secondary N) is 2. The average molecular weight is 388 g/mol. The third-order valence-corrected chi connectivity index (χ3v) is 4.03. The quantitative estimate of drug-likeness (QED) is 0.720. The number of rotatable bonds is 8. The van der Waals surface area contributed by atoms with E-state index in [4.69, 9.17) is 0 Å². The molecule has 1 aromatic carbocycles. The van der Waals surface area contributed by atoms with Crippen molar-refractivity contribution in [2.45, 2.75) is 19.2 Å². The number of benzene rings is 1. The number of carbonyl (C=O) groups excluding carboxylic acids is 1. The van der Waals surface area contributed by atoms with Crippen molar-refractivity contribution in [3.05, 3.63) is 59.9 Å². The molecular weight excluding hydrogens is 365 g/mol. The molecule has 132 valence electrons. The van der Waals surface area contributed by atoms with Gasteiger partial charge in [0.05, 0.1) is 11.4 Å². The monoisotopic (exact) mass is 387 g/mol. The van der Waals surface area contributed by atoms with E-state index in [1.807, 2.05) is 42.5 Å². The summed E-state index contributed by atoms with van der Waals surface area (Å²) in [4.78, 5) is 16.3. The first-order valence-corrected chi connectivity index (χ1v) is 8.51. The summed E-state index contributed by atoms with van der Waals surface area (Å²) in [5, 5.41) is 6.26. The Morgan fingerprint density at radius 1 is 1.12 bits per heavy atom. The van der Waals surface area contributed by atoms with Crippen LogP contribution in [0.15, 0.2) is 48.7 Å². The van der Waals surface area contributed by atoms with E-state index < -0.39 is 0 Å². The van der Waals surface area contributed by atoms with Crippen LogP contribution in [0.2, 0.25) is 0 Å². The van der Waals surface area contributed by atoms with E-state index in [0.29, 0.717) is 5.75 Å². The standard InChI is InChI=1S/C17H21N3OS.2ClH/c1-2-18-11-14-7-3-4-9-16(14)20-17(21)13-22-12-15-8-5-6-10-19-15;;/h3-10,18H,2,11-13H2,1H3,(H,20,21);2*1H. The van der Waals surface area contributed by atoms with Gasteiger partial charge in [0.1, 0.15) is 0 Å². The van der Waals surface area contributed by atoms with Gasteiger partial charge in [-0.3, -0.25) is 9.78 Å². The van der Waals surface area contributed by atoms with Crippen molar-refractivity contribution in [1.82, 2.24) is 10.3 Å². The van der Waals surface area contributed by atoms with Crippen molar-refractivity contribution in [1.29, 1.82) is 0 Å². The van der Waals surface area contributed by atoms with Crippen LogP contribution in [-0.4, -0.2) is 23.2 Å². The summed E-state index contributed by atoms with van der Waals surface area (Å²) in [6.45, 7) is 3.73. The van der Waals surface area contributed by atoms with Gasteiger partial charge < -0.3 is 10.6 Å². The number of anilines is 1. The predicted molar refractivity (Wildman–Crippen MR) is 107 cm³/mol. The molecule has 1 aromatic heterocycles. The molecule has 24 heavy (non-hydrogen) atoms. The molecule has 0 aliphatic rings. The Morgan fingerprint density at radius 2 is 1.88 bits per heavy atom. The molecule has 7 heteroatoms. The molecule has 2 N–H and O–H groups in total. The van der Waals surface area contributed by atoms with Crippen molar-refractivity contribution < 1.29 is 4.79 Å². The van der Waals surface area contributed by atoms with E-state index in [1.54, 1.807) is 18.0 Å². The van der Waals surface area contributed by atoms with Crippen LogP contribution in [0.5, 0.6) is 0 Å². The lowest BCUT2D eigenvalue weighted by Gasteiger charge is -2.11. The maximum atomic E-state index is 12.1. The number of pyridine rings is 1. The number of carbonyl (C=O) groups is 1. The number of nitrogens with zero attached hydrogens (tertiary/aromatic N) is 1. The summed E-state index contributed by atoms with van der Waals surface area (Å²) in [5.74, 6) is 1.18. The Balaban J connectivity index is 0.00000264. The highest BCUT2D eigenvalue weighted by molar-refractivity contribution is 7.99. The molecule has 0 aliphatic carbocycles. The number of thioether (sulfide) groups is 1. The zero-order valence-electron chi connectivity index (χ0n) is 13.5. The first-order chi connectivity index (χ1) is 10.8. The molecule has 0 aliphatic heterocycles. The van der Waals surface area contributed by atoms with Crippen molar-refractivity contribution in [3.63, 3.8) is 0 Å². The second kappa shape index (κ2) is 13.1. The Bertz CT molecular complexity index is 599. The van der Waals surface area contributed by atoms with Crippen LogP contribution in [0.25, 0.3) is 0 Å². The molecule has 0 saturated heterocycles. The molecule has 1 amide bonds. The number of halogens is 2. The first kappa shape index (κ1) is 22.7. The largest absolute Gasteiger partial charge is 0.325 e. The molecule has 0 radical (unpaired) electrons. The maximum absolute atomic E-state index is 12.1. The minimum Gasteiger partial charge on any atom is -0.325 e. The summed E-state index contributed by atoms with van der Waals surface area (Å²) < 4.78 is 0. The second-order valence-electron chi connectivity index (χ2n) is 4.80. The summed E-state index contributed by atoms with van der Waals surface area (Å²) >= 11 is 1.57. The van der Waals surface area contributed by atoms with Crippen LogP contribution < -0.4 is 10.6 Å². The third-order valence-electron chi connectivity index (χ3n) is 3.07. The summed E-state index contributed by atoms with van der Waals surface area (Å²) in [7, 11) is 0. The molecule has 1 heterocycles. The van der Waals surface area contributed by atoms with E-state index in [0.717, 1.165) is 35.8 Å². The Kier molecular flexibility index (Phi) is 12.4. The molecule has 2 rings (SSSR count). The zero-order valence-corrected chi connectivity index (χ0v) is 16.0. The fraction of sp³-hybridized carbons (Fsp3) is 0.294. The van der Waals surface area contributed by atoms with E-state index >= 15 is 0 Å². The highest BCUT2D eigenvalue weighted by Crippen LogP contribution is 2.16. The number of amides is 1. The molecule has 0 bridgehead atoms. The maximum Gasteiger partial charge on any atom is 0.234 e. The molecular formula is C17H23Cl2N3OS. The molecule has 0 spiro atoms. The van der Waals surface area contributed by atoms with Crippen LogP contribution in [-0.2, 0) is 17.1 Å². The predicted octanol–water partition coefficient (Wildman–Crippen LogP) is 3.91. The Morgan fingerprint density at radius 3 is 2.58 bits per heavy atom. The number of para-hydroxylation sites is 1. The average Bonchev–Trinajstić information content (AvgIpc) is 2.55. The highest BCUT2D eigenvalue weighted by atomic mass is 35.5. The molecule has 0 fully saturated rings. The molecule has 0 unspecified atom stereocenters. The van der Waals surface area contributed by atoms with Crippen molar-refractivity contribution >= 4 is 48.2 Å². The fourth-order valence-corrected chi connectivity index (χ4v) is 2.71. The summed E-state index contributed by atoms with van der Waals surface area (Å²) in [6.07, 6.45) is 1.77. The summed E-state index contributed by atoms with van der Waals surface area (Å²) in [6, 6.07) is 13.7. The van der Waals surface area contributed by atoms with Crippen LogP contribution in [0, 0.1) is 0 Å². The van der Waals surface area contributed by atoms with E-state index in [1.165, 1.54) is 0 Å². The van der Waals surface area contributed by atoms with Crippen LogP contribution >= 0.6 is 36.6 Å². The van der Waals surface area contributed by atoms with Gasteiger partial charge in [-0.2, -0.15) is 0 Å². The van der Waals surface area contributed by atoms with Crippen LogP contribution in [0.1, 0.15) is 18.2 Å². The Labute approximate surface area is 160 Å². The lowest BCUT2D eigenvalue weighted by molar-refractivity contribution is -0.113. The Hall–Kier alpha value is -1.27. The van der Waals surface area contributed by atoms with E-state index in [9.17, 15) is 4.79 Å². The minimum atomic E-state index is 0. The first-order valence-electron chi connectivity index (χ1n) is 7.35. The van der Waals surface area contributed by atoms with Crippen molar-refractivity contribution in [3.8, 4) is 0 Å². The van der Waals surface area contributed by atoms with Crippen LogP contribution in [0.4, 0.5) is 5.69 Å². The fourth-order valence-electron chi connectivity index (χ4n) is 1.97.